The summed E-state index contributed by atoms with van der Waals surface area (Å²) in [4.78, 5) is 21.4. The van der Waals surface area contributed by atoms with E-state index in [2.05, 4.69) is 0 Å². The van der Waals surface area contributed by atoms with E-state index in [0.717, 1.165) is 0 Å². The Kier molecular flexibility index (Phi) is 3.19. The molecular weight excluding hydrogens is 295 g/mol. The van der Waals surface area contributed by atoms with Gasteiger partial charge in [0.2, 0.25) is 5.91 Å². The molecule has 1 amide bonds. The van der Waals surface area contributed by atoms with Gasteiger partial charge in [-0.15, -0.1) is 0 Å². The van der Waals surface area contributed by atoms with Gasteiger partial charge in [0.1, 0.15) is 12.4 Å². The van der Waals surface area contributed by atoms with Crippen molar-refractivity contribution in [3.8, 4) is 6.07 Å². The standard InChI is InChI=1S/C9H5IN2O2/c10-8-2-5(4-13)1-6(9(12)14)7(8)3-11/h1-2,4H,(H2,12,14). The van der Waals surface area contributed by atoms with E-state index in [9.17, 15) is 9.59 Å². The molecule has 0 radical (unpaired) electrons. The van der Waals surface area contributed by atoms with E-state index in [1.807, 2.05) is 28.7 Å². The molecule has 0 unspecified atom stereocenters. The van der Waals surface area contributed by atoms with E-state index in [0.29, 0.717) is 15.4 Å². The molecule has 4 nitrogen and oxygen atoms in total. The quantitative estimate of drug-likeness (QED) is 0.655. The van der Waals surface area contributed by atoms with E-state index < -0.39 is 5.91 Å². The minimum absolute atomic E-state index is 0.0847. The molecule has 0 atom stereocenters. The third-order valence-electron chi connectivity index (χ3n) is 1.63. The van der Waals surface area contributed by atoms with Crippen LogP contribution in [0.4, 0.5) is 0 Å². The normalized spacial score (nSPS) is 9.14. The van der Waals surface area contributed by atoms with E-state index in [1.54, 1.807) is 0 Å². The van der Waals surface area contributed by atoms with Crippen molar-refractivity contribution in [1.82, 2.24) is 0 Å². The number of primary amides is 1. The average molecular weight is 300 g/mol. The van der Waals surface area contributed by atoms with Gasteiger partial charge in [-0.3, -0.25) is 9.59 Å². The number of nitriles is 1. The second-order valence-corrected chi connectivity index (χ2v) is 3.68. The van der Waals surface area contributed by atoms with Crippen LogP contribution in [0, 0.1) is 14.9 Å². The minimum atomic E-state index is -0.705. The Morgan fingerprint density at radius 2 is 2.21 bits per heavy atom. The molecule has 0 saturated carbocycles. The number of halogens is 1. The first kappa shape index (κ1) is 10.7. The van der Waals surface area contributed by atoms with Crippen molar-refractivity contribution in [1.29, 1.82) is 5.26 Å². The lowest BCUT2D eigenvalue weighted by Crippen LogP contribution is -2.14. The predicted molar refractivity (Wildman–Crippen MR) is 57.8 cm³/mol. The number of rotatable bonds is 2. The van der Waals surface area contributed by atoms with E-state index in [-0.39, 0.29) is 11.1 Å². The Hall–Kier alpha value is -1.42. The summed E-state index contributed by atoms with van der Waals surface area (Å²) in [6.45, 7) is 0. The van der Waals surface area contributed by atoms with Crippen LogP contribution in [-0.4, -0.2) is 12.2 Å². The van der Waals surface area contributed by atoms with Crippen LogP contribution in [0.25, 0.3) is 0 Å². The number of benzene rings is 1. The van der Waals surface area contributed by atoms with Crippen LogP contribution in [0.15, 0.2) is 12.1 Å². The molecule has 0 aromatic heterocycles. The van der Waals surface area contributed by atoms with Gasteiger partial charge in [0.15, 0.2) is 0 Å². The smallest absolute Gasteiger partial charge is 0.250 e. The lowest BCUT2D eigenvalue weighted by molar-refractivity contribution is 0.1000. The Balaban J connectivity index is 3.53. The Labute approximate surface area is 93.8 Å². The largest absolute Gasteiger partial charge is 0.366 e. The summed E-state index contributed by atoms with van der Waals surface area (Å²) in [5, 5.41) is 8.76. The van der Waals surface area contributed by atoms with Crippen molar-refractivity contribution in [2.75, 3.05) is 0 Å². The van der Waals surface area contributed by atoms with Gasteiger partial charge < -0.3 is 5.73 Å². The molecule has 0 heterocycles. The lowest BCUT2D eigenvalue weighted by atomic mass is 10.1. The zero-order valence-corrected chi connectivity index (χ0v) is 9.11. The molecule has 0 spiro atoms. The number of hydrogen-bond donors (Lipinski definition) is 1. The fraction of sp³-hybridized carbons (Fsp3) is 0. The molecule has 0 aliphatic carbocycles. The second-order valence-electron chi connectivity index (χ2n) is 2.52. The number of aldehydes is 1. The topological polar surface area (TPSA) is 83.9 Å². The van der Waals surface area contributed by atoms with Crippen LogP contribution < -0.4 is 5.73 Å². The summed E-state index contributed by atoms with van der Waals surface area (Å²) in [6.07, 6.45) is 0.607. The van der Waals surface area contributed by atoms with Crippen molar-refractivity contribution in [3.05, 3.63) is 32.4 Å². The second kappa shape index (κ2) is 4.19. The maximum atomic E-state index is 11.0. The number of nitrogens with zero attached hydrogens (tertiary/aromatic N) is 1. The fourth-order valence-electron chi connectivity index (χ4n) is 1.00. The van der Waals surface area contributed by atoms with Gasteiger partial charge in [-0.25, -0.2) is 0 Å². The molecule has 0 aliphatic heterocycles. The van der Waals surface area contributed by atoms with Gasteiger partial charge in [-0.2, -0.15) is 5.26 Å². The third kappa shape index (κ3) is 1.90. The van der Waals surface area contributed by atoms with Crippen molar-refractivity contribution < 1.29 is 9.59 Å². The summed E-state index contributed by atoms with van der Waals surface area (Å²) in [5.41, 5.74) is 5.71. The molecular formula is C9H5IN2O2. The molecule has 0 bridgehead atoms. The zero-order valence-electron chi connectivity index (χ0n) is 6.95. The molecule has 0 fully saturated rings. The first-order valence-electron chi connectivity index (χ1n) is 3.58. The number of nitrogens with two attached hydrogens (primary N) is 1. The number of carbonyl (C=O) groups excluding carboxylic acids is 2. The molecule has 1 aromatic rings. The van der Waals surface area contributed by atoms with Crippen LogP contribution in [0.1, 0.15) is 26.3 Å². The highest BCUT2D eigenvalue weighted by molar-refractivity contribution is 14.1. The van der Waals surface area contributed by atoms with Crippen molar-refractivity contribution in [2.24, 2.45) is 5.73 Å². The van der Waals surface area contributed by atoms with Gasteiger partial charge >= 0.3 is 0 Å². The maximum absolute atomic E-state index is 11.0. The number of amides is 1. The lowest BCUT2D eigenvalue weighted by Gasteiger charge is -2.02. The molecule has 2 N–H and O–H groups in total. The van der Waals surface area contributed by atoms with Gasteiger partial charge in [-0.05, 0) is 34.7 Å². The molecule has 14 heavy (non-hydrogen) atoms. The van der Waals surface area contributed by atoms with Crippen LogP contribution >= 0.6 is 22.6 Å². The van der Waals surface area contributed by atoms with Crippen LogP contribution in [0.3, 0.4) is 0 Å². The highest BCUT2D eigenvalue weighted by Crippen LogP contribution is 2.17. The first-order chi connectivity index (χ1) is 6.60. The van der Waals surface area contributed by atoms with Crippen LogP contribution in [0.2, 0.25) is 0 Å². The monoisotopic (exact) mass is 300 g/mol. The van der Waals surface area contributed by atoms with Gasteiger partial charge in [0, 0.05) is 9.13 Å². The fourth-order valence-corrected chi connectivity index (χ4v) is 1.77. The summed E-state index contributed by atoms with van der Waals surface area (Å²) < 4.78 is 0.545. The van der Waals surface area contributed by atoms with Gasteiger partial charge in [-0.1, -0.05) is 0 Å². The van der Waals surface area contributed by atoms with E-state index >= 15 is 0 Å². The third-order valence-corrected chi connectivity index (χ3v) is 2.48. The maximum Gasteiger partial charge on any atom is 0.250 e. The van der Waals surface area contributed by atoms with E-state index in [4.69, 9.17) is 11.0 Å². The Morgan fingerprint density at radius 1 is 1.57 bits per heavy atom. The zero-order chi connectivity index (χ0) is 10.7. The molecule has 70 valence electrons. The predicted octanol–water partition coefficient (Wildman–Crippen LogP) is 1.07. The molecule has 0 aliphatic rings. The highest BCUT2D eigenvalue weighted by atomic mass is 127. The van der Waals surface area contributed by atoms with Crippen molar-refractivity contribution >= 4 is 34.8 Å². The number of hydrogen-bond acceptors (Lipinski definition) is 3. The van der Waals surface area contributed by atoms with Crippen LogP contribution in [-0.2, 0) is 0 Å². The van der Waals surface area contributed by atoms with Crippen molar-refractivity contribution in [3.63, 3.8) is 0 Å². The van der Waals surface area contributed by atoms with Crippen molar-refractivity contribution in [2.45, 2.75) is 0 Å². The first-order valence-corrected chi connectivity index (χ1v) is 4.66. The molecule has 0 saturated heterocycles. The minimum Gasteiger partial charge on any atom is -0.366 e. The molecule has 5 heteroatoms. The average Bonchev–Trinajstić information content (AvgIpc) is 2.16. The van der Waals surface area contributed by atoms with Gasteiger partial charge in [0.05, 0.1) is 11.1 Å². The van der Waals surface area contributed by atoms with E-state index in [1.165, 1.54) is 12.1 Å². The number of carbonyl (C=O) groups is 2. The summed E-state index contributed by atoms with van der Waals surface area (Å²) in [7, 11) is 0. The Bertz CT molecular complexity index is 449. The summed E-state index contributed by atoms with van der Waals surface area (Å²) >= 11 is 1.88. The molecule has 1 aromatic carbocycles. The highest BCUT2D eigenvalue weighted by Gasteiger charge is 2.12. The summed E-state index contributed by atoms with van der Waals surface area (Å²) in [5.74, 6) is -0.705. The van der Waals surface area contributed by atoms with Gasteiger partial charge in [0.25, 0.3) is 0 Å². The Morgan fingerprint density at radius 3 is 2.64 bits per heavy atom. The molecule has 1 rings (SSSR count). The van der Waals surface area contributed by atoms with Crippen LogP contribution in [0.5, 0.6) is 0 Å². The summed E-state index contributed by atoms with van der Waals surface area (Å²) in [6, 6.07) is 4.71. The SMILES string of the molecule is N#Cc1c(I)cc(C=O)cc1C(N)=O.